The molecule has 1 saturated heterocycles. The van der Waals surface area contributed by atoms with E-state index in [0.717, 1.165) is 36.5 Å². The number of hydrogen-bond donors (Lipinski definition) is 2. The lowest BCUT2D eigenvalue weighted by Gasteiger charge is -2.35. The average Bonchev–Trinajstić information content (AvgIpc) is 2.79. The van der Waals surface area contributed by atoms with E-state index >= 15 is 0 Å². The molecule has 1 unspecified atom stereocenters. The fraction of sp³-hybridized carbons (Fsp3) is 0.409. The van der Waals surface area contributed by atoms with Crippen LogP contribution in [0.5, 0.6) is 5.75 Å². The summed E-state index contributed by atoms with van der Waals surface area (Å²) in [6.07, 6.45) is 0. The predicted molar refractivity (Wildman–Crippen MR) is 113 cm³/mol. The molecular formula is C22H28F2N4O2. The first-order valence-corrected chi connectivity index (χ1v) is 9.95. The Morgan fingerprint density at radius 3 is 2.53 bits per heavy atom. The molecule has 2 aromatic carbocycles. The SMILES string of the molecule is CN=C(NCc1cc(F)ccc1F)NCC(c1ccc(OC)cc1)N1CCOCC1. The Bertz CT molecular complexity index is 840. The fourth-order valence-electron chi connectivity index (χ4n) is 3.44. The monoisotopic (exact) mass is 418 g/mol. The van der Waals surface area contributed by atoms with Gasteiger partial charge in [-0.1, -0.05) is 12.1 Å². The van der Waals surface area contributed by atoms with Gasteiger partial charge in [0, 0.05) is 38.8 Å². The minimum atomic E-state index is -0.469. The lowest BCUT2D eigenvalue weighted by Crippen LogP contribution is -2.46. The van der Waals surface area contributed by atoms with Crippen LogP contribution >= 0.6 is 0 Å². The standard InChI is InChI=1S/C22H28F2N4O2/c1-25-22(26-14-17-13-18(23)5-8-20(17)24)27-15-21(28-9-11-30-12-10-28)16-3-6-19(29-2)7-4-16/h3-8,13,21H,9-12,14-15H2,1-2H3,(H2,25,26,27). The molecule has 6 nitrogen and oxygen atoms in total. The Balaban J connectivity index is 1.65. The van der Waals surface area contributed by atoms with E-state index < -0.39 is 11.6 Å². The van der Waals surface area contributed by atoms with E-state index in [-0.39, 0.29) is 18.2 Å². The number of methoxy groups -OCH3 is 1. The Morgan fingerprint density at radius 1 is 1.13 bits per heavy atom. The number of morpholine rings is 1. The molecule has 3 rings (SSSR count). The van der Waals surface area contributed by atoms with Gasteiger partial charge in [-0.2, -0.15) is 0 Å². The number of halogens is 2. The molecule has 1 aliphatic rings. The normalized spacial score (nSPS) is 16.2. The van der Waals surface area contributed by atoms with Gasteiger partial charge >= 0.3 is 0 Å². The highest BCUT2D eigenvalue weighted by molar-refractivity contribution is 5.79. The Morgan fingerprint density at radius 2 is 1.87 bits per heavy atom. The first kappa shape index (κ1) is 22.0. The van der Waals surface area contributed by atoms with E-state index in [0.29, 0.717) is 25.7 Å². The Labute approximate surface area is 175 Å². The zero-order valence-electron chi connectivity index (χ0n) is 17.3. The smallest absolute Gasteiger partial charge is 0.191 e. The highest BCUT2D eigenvalue weighted by Gasteiger charge is 2.23. The molecule has 0 saturated carbocycles. The molecule has 0 amide bonds. The Hall–Kier alpha value is -2.71. The summed E-state index contributed by atoms with van der Waals surface area (Å²) in [5, 5.41) is 6.36. The molecule has 0 spiro atoms. The largest absolute Gasteiger partial charge is 0.497 e. The van der Waals surface area contributed by atoms with Crippen LogP contribution in [-0.4, -0.2) is 57.9 Å². The molecular weight excluding hydrogens is 390 g/mol. The molecule has 162 valence electrons. The molecule has 0 bridgehead atoms. The number of aliphatic imine (C=N–C) groups is 1. The van der Waals surface area contributed by atoms with Crippen LogP contribution in [0.4, 0.5) is 8.78 Å². The second-order valence-corrected chi connectivity index (χ2v) is 6.98. The van der Waals surface area contributed by atoms with Crippen molar-refractivity contribution >= 4 is 5.96 Å². The topological polar surface area (TPSA) is 58.1 Å². The van der Waals surface area contributed by atoms with Gasteiger partial charge in [0.15, 0.2) is 5.96 Å². The lowest BCUT2D eigenvalue weighted by atomic mass is 10.0. The molecule has 2 aromatic rings. The zero-order chi connectivity index (χ0) is 21.3. The maximum Gasteiger partial charge on any atom is 0.191 e. The number of guanidine groups is 1. The summed E-state index contributed by atoms with van der Waals surface area (Å²) in [4.78, 5) is 6.57. The van der Waals surface area contributed by atoms with Crippen molar-refractivity contribution in [1.29, 1.82) is 0 Å². The van der Waals surface area contributed by atoms with Crippen molar-refractivity contribution in [3.8, 4) is 5.75 Å². The van der Waals surface area contributed by atoms with Crippen LogP contribution in [0.2, 0.25) is 0 Å². The second-order valence-electron chi connectivity index (χ2n) is 6.98. The minimum absolute atomic E-state index is 0.101. The van der Waals surface area contributed by atoms with Crippen LogP contribution in [0, 0.1) is 11.6 Å². The van der Waals surface area contributed by atoms with E-state index in [2.05, 4.69) is 32.7 Å². The molecule has 30 heavy (non-hydrogen) atoms. The van der Waals surface area contributed by atoms with Crippen LogP contribution in [0.25, 0.3) is 0 Å². The van der Waals surface area contributed by atoms with Gasteiger partial charge in [-0.25, -0.2) is 8.78 Å². The number of rotatable bonds is 7. The number of nitrogens with zero attached hydrogens (tertiary/aromatic N) is 2. The number of ether oxygens (including phenoxy) is 2. The van der Waals surface area contributed by atoms with Gasteiger partial charge in [0.05, 0.1) is 26.4 Å². The number of nitrogens with one attached hydrogen (secondary N) is 2. The van der Waals surface area contributed by atoms with E-state index in [4.69, 9.17) is 9.47 Å². The van der Waals surface area contributed by atoms with Crippen LogP contribution < -0.4 is 15.4 Å². The van der Waals surface area contributed by atoms with Gasteiger partial charge in [0.1, 0.15) is 17.4 Å². The summed E-state index contributed by atoms with van der Waals surface area (Å²) in [6.45, 7) is 3.78. The minimum Gasteiger partial charge on any atom is -0.497 e. The van der Waals surface area contributed by atoms with Crippen LogP contribution in [0.15, 0.2) is 47.5 Å². The first-order valence-electron chi connectivity index (χ1n) is 9.95. The molecule has 1 heterocycles. The van der Waals surface area contributed by atoms with Crippen molar-refractivity contribution in [2.75, 3.05) is 47.0 Å². The predicted octanol–water partition coefficient (Wildman–Crippen LogP) is 2.71. The van der Waals surface area contributed by atoms with Gasteiger partial charge in [-0.15, -0.1) is 0 Å². The van der Waals surface area contributed by atoms with Crippen LogP contribution in [0.3, 0.4) is 0 Å². The molecule has 0 aromatic heterocycles. The maximum absolute atomic E-state index is 13.9. The molecule has 0 radical (unpaired) electrons. The third kappa shape index (κ3) is 5.90. The number of hydrogen-bond acceptors (Lipinski definition) is 4. The highest BCUT2D eigenvalue weighted by Crippen LogP contribution is 2.23. The van der Waals surface area contributed by atoms with Crippen molar-refractivity contribution in [1.82, 2.24) is 15.5 Å². The third-order valence-electron chi connectivity index (χ3n) is 5.13. The summed E-state index contributed by atoms with van der Waals surface area (Å²) < 4.78 is 38.0. The van der Waals surface area contributed by atoms with Gasteiger partial charge < -0.3 is 20.1 Å². The van der Waals surface area contributed by atoms with E-state index in [9.17, 15) is 8.78 Å². The van der Waals surface area contributed by atoms with Crippen molar-refractivity contribution in [3.63, 3.8) is 0 Å². The summed E-state index contributed by atoms with van der Waals surface area (Å²) in [5.41, 5.74) is 1.40. The summed E-state index contributed by atoms with van der Waals surface area (Å²) in [5.74, 6) is 0.402. The molecule has 1 aliphatic heterocycles. The quantitative estimate of drug-likeness (QED) is 0.535. The van der Waals surface area contributed by atoms with Gasteiger partial charge in [0.2, 0.25) is 0 Å². The average molecular weight is 418 g/mol. The zero-order valence-corrected chi connectivity index (χ0v) is 17.3. The summed E-state index contributed by atoms with van der Waals surface area (Å²) in [6, 6.07) is 11.5. The number of benzene rings is 2. The van der Waals surface area contributed by atoms with E-state index in [1.54, 1.807) is 14.2 Å². The van der Waals surface area contributed by atoms with E-state index in [1.165, 1.54) is 6.07 Å². The molecule has 0 aliphatic carbocycles. The third-order valence-corrected chi connectivity index (χ3v) is 5.13. The molecule has 1 atom stereocenters. The lowest BCUT2D eigenvalue weighted by molar-refractivity contribution is 0.0170. The van der Waals surface area contributed by atoms with E-state index in [1.807, 2.05) is 12.1 Å². The Kier molecular flexibility index (Phi) is 7.98. The molecule has 1 fully saturated rings. The van der Waals surface area contributed by atoms with Crippen molar-refractivity contribution in [2.24, 2.45) is 4.99 Å². The van der Waals surface area contributed by atoms with Crippen molar-refractivity contribution in [3.05, 3.63) is 65.2 Å². The second kappa shape index (κ2) is 10.9. The van der Waals surface area contributed by atoms with Gasteiger partial charge in [-0.3, -0.25) is 9.89 Å². The van der Waals surface area contributed by atoms with Crippen LogP contribution in [0.1, 0.15) is 17.2 Å². The van der Waals surface area contributed by atoms with Gasteiger partial charge in [-0.05, 0) is 35.9 Å². The summed E-state index contributed by atoms with van der Waals surface area (Å²) in [7, 11) is 3.29. The molecule has 2 N–H and O–H groups in total. The highest BCUT2D eigenvalue weighted by atomic mass is 19.1. The summed E-state index contributed by atoms with van der Waals surface area (Å²) >= 11 is 0. The van der Waals surface area contributed by atoms with Crippen molar-refractivity contribution < 1.29 is 18.3 Å². The van der Waals surface area contributed by atoms with Crippen LogP contribution in [-0.2, 0) is 11.3 Å². The fourth-order valence-corrected chi connectivity index (χ4v) is 3.44. The maximum atomic E-state index is 13.9. The first-order chi connectivity index (χ1) is 14.6. The van der Waals surface area contributed by atoms with Crippen molar-refractivity contribution in [2.45, 2.75) is 12.6 Å². The van der Waals surface area contributed by atoms with Gasteiger partial charge in [0.25, 0.3) is 0 Å². The molecule has 8 heteroatoms.